The molecule has 3 heteroatoms. The third-order valence-corrected chi connectivity index (χ3v) is 2.30. The molecule has 1 aromatic rings. The molecule has 1 aromatic carbocycles. The van der Waals surface area contributed by atoms with E-state index in [0.717, 1.165) is 5.75 Å². The first-order chi connectivity index (χ1) is 7.17. The first-order valence-corrected chi connectivity index (χ1v) is 5.02. The Morgan fingerprint density at radius 1 is 1.40 bits per heavy atom. The number of Topliss-reactive ketones (excluding diaryl/α,β-unsaturated/α-hetero) is 1. The van der Waals surface area contributed by atoms with Crippen LogP contribution in [0.15, 0.2) is 24.3 Å². The molecule has 0 fully saturated rings. The summed E-state index contributed by atoms with van der Waals surface area (Å²) in [5.74, 6) is 0.689. The molecular formula is C12H16O3. The average molecular weight is 208 g/mol. The largest absolute Gasteiger partial charge is 0.497 e. The monoisotopic (exact) mass is 208 g/mol. The number of ketones is 1. The Kier molecular flexibility index (Phi) is 4.31. The van der Waals surface area contributed by atoms with Crippen molar-refractivity contribution in [3.63, 3.8) is 0 Å². The highest BCUT2D eigenvalue weighted by atomic mass is 16.5. The molecule has 15 heavy (non-hydrogen) atoms. The molecule has 1 atom stereocenters. The van der Waals surface area contributed by atoms with Gasteiger partial charge in [0, 0.05) is 12.0 Å². The molecule has 1 N–H and O–H groups in total. The van der Waals surface area contributed by atoms with E-state index in [9.17, 15) is 9.90 Å². The Morgan fingerprint density at radius 3 is 2.47 bits per heavy atom. The summed E-state index contributed by atoms with van der Waals surface area (Å²) < 4.78 is 4.99. The fourth-order valence-electron chi connectivity index (χ4n) is 1.25. The van der Waals surface area contributed by atoms with Gasteiger partial charge in [-0.25, -0.2) is 0 Å². The van der Waals surface area contributed by atoms with E-state index >= 15 is 0 Å². The number of hydrogen-bond acceptors (Lipinski definition) is 3. The lowest BCUT2D eigenvalue weighted by atomic mass is 10.0. The van der Waals surface area contributed by atoms with Gasteiger partial charge < -0.3 is 9.84 Å². The maximum atomic E-state index is 11.6. The molecule has 1 rings (SSSR count). The molecule has 0 aromatic heterocycles. The van der Waals surface area contributed by atoms with Gasteiger partial charge in [-0.1, -0.05) is 6.92 Å². The Bertz CT molecular complexity index is 316. The summed E-state index contributed by atoms with van der Waals surface area (Å²) in [6.45, 7) is 1.85. The minimum atomic E-state index is -0.542. The van der Waals surface area contributed by atoms with Gasteiger partial charge in [0.2, 0.25) is 0 Å². The number of benzene rings is 1. The minimum Gasteiger partial charge on any atom is -0.497 e. The zero-order valence-electron chi connectivity index (χ0n) is 9.06. The summed E-state index contributed by atoms with van der Waals surface area (Å²) in [4.78, 5) is 11.6. The fraction of sp³-hybridized carbons (Fsp3) is 0.417. The molecule has 1 unspecified atom stereocenters. The van der Waals surface area contributed by atoms with Crippen LogP contribution in [0.5, 0.6) is 5.75 Å². The third kappa shape index (κ3) is 3.36. The van der Waals surface area contributed by atoms with E-state index in [1.165, 1.54) is 0 Å². The van der Waals surface area contributed by atoms with Crippen molar-refractivity contribution < 1.29 is 14.6 Å². The van der Waals surface area contributed by atoms with Gasteiger partial charge in [0.1, 0.15) is 5.75 Å². The molecule has 0 heterocycles. The van der Waals surface area contributed by atoms with Crippen molar-refractivity contribution in [2.45, 2.75) is 25.9 Å². The second kappa shape index (κ2) is 5.51. The van der Waals surface area contributed by atoms with Crippen LogP contribution in [0.2, 0.25) is 0 Å². The second-order valence-electron chi connectivity index (χ2n) is 3.42. The number of aliphatic hydroxyl groups excluding tert-OH is 1. The van der Waals surface area contributed by atoms with E-state index in [1.807, 2.05) is 6.92 Å². The predicted molar refractivity (Wildman–Crippen MR) is 58.2 cm³/mol. The standard InChI is InChI=1S/C12H16O3/c1-3-10(13)8-12(14)9-4-6-11(15-2)7-5-9/h4-7,10,13H,3,8H2,1-2H3. The van der Waals surface area contributed by atoms with Crippen LogP contribution in [0, 0.1) is 0 Å². The lowest BCUT2D eigenvalue weighted by Gasteiger charge is -2.06. The summed E-state index contributed by atoms with van der Waals surface area (Å²) >= 11 is 0. The Hall–Kier alpha value is -1.35. The second-order valence-corrected chi connectivity index (χ2v) is 3.42. The van der Waals surface area contributed by atoms with Crippen LogP contribution in [0.25, 0.3) is 0 Å². The van der Waals surface area contributed by atoms with Crippen LogP contribution in [0.1, 0.15) is 30.1 Å². The Balaban J connectivity index is 2.66. The SMILES string of the molecule is CCC(O)CC(=O)c1ccc(OC)cc1. The van der Waals surface area contributed by atoms with Crippen molar-refractivity contribution >= 4 is 5.78 Å². The van der Waals surface area contributed by atoms with E-state index in [-0.39, 0.29) is 12.2 Å². The highest BCUT2D eigenvalue weighted by Crippen LogP contribution is 2.13. The number of methoxy groups -OCH3 is 1. The van der Waals surface area contributed by atoms with Gasteiger partial charge >= 0.3 is 0 Å². The Labute approximate surface area is 89.7 Å². The van der Waals surface area contributed by atoms with Crippen LogP contribution in [-0.2, 0) is 0 Å². The molecule has 0 spiro atoms. The first kappa shape index (κ1) is 11.7. The van der Waals surface area contributed by atoms with Crippen molar-refractivity contribution in [1.29, 1.82) is 0 Å². The zero-order valence-corrected chi connectivity index (χ0v) is 9.06. The third-order valence-electron chi connectivity index (χ3n) is 2.30. The normalized spacial score (nSPS) is 12.2. The lowest BCUT2D eigenvalue weighted by molar-refractivity contribution is 0.0875. The molecule has 0 saturated carbocycles. The van der Waals surface area contributed by atoms with E-state index in [0.29, 0.717) is 12.0 Å². The number of hydrogen-bond donors (Lipinski definition) is 1. The Morgan fingerprint density at radius 2 is 2.00 bits per heavy atom. The molecular weight excluding hydrogens is 192 g/mol. The van der Waals surface area contributed by atoms with Crippen LogP contribution in [-0.4, -0.2) is 24.1 Å². The molecule has 3 nitrogen and oxygen atoms in total. The van der Waals surface area contributed by atoms with Gasteiger partial charge in [-0.3, -0.25) is 4.79 Å². The van der Waals surface area contributed by atoms with Crippen molar-refractivity contribution in [2.75, 3.05) is 7.11 Å². The van der Waals surface area contributed by atoms with Gasteiger partial charge in [0.25, 0.3) is 0 Å². The maximum absolute atomic E-state index is 11.6. The van der Waals surface area contributed by atoms with Gasteiger partial charge in [0.15, 0.2) is 5.78 Å². The van der Waals surface area contributed by atoms with Gasteiger partial charge in [-0.15, -0.1) is 0 Å². The van der Waals surface area contributed by atoms with Crippen LogP contribution in [0.4, 0.5) is 0 Å². The van der Waals surface area contributed by atoms with Crippen molar-refractivity contribution in [3.05, 3.63) is 29.8 Å². The number of carbonyl (C=O) groups is 1. The summed E-state index contributed by atoms with van der Waals surface area (Å²) in [6.07, 6.45) is 0.240. The van der Waals surface area contributed by atoms with Crippen LogP contribution in [0.3, 0.4) is 0 Å². The molecule has 0 radical (unpaired) electrons. The molecule has 0 amide bonds. The van der Waals surface area contributed by atoms with E-state index in [1.54, 1.807) is 31.4 Å². The minimum absolute atomic E-state index is 0.0352. The average Bonchev–Trinajstić information content (AvgIpc) is 2.29. The lowest BCUT2D eigenvalue weighted by Crippen LogP contribution is -2.12. The number of rotatable bonds is 5. The van der Waals surface area contributed by atoms with Crippen molar-refractivity contribution in [1.82, 2.24) is 0 Å². The van der Waals surface area contributed by atoms with Gasteiger partial charge in [-0.05, 0) is 30.7 Å². The highest BCUT2D eigenvalue weighted by molar-refractivity contribution is 5.96. The van der Waals surface area contributed by atoms with Crippen molar-refractivity contribution in [3.8, 4) is 5.75 Å². The number of aliphatic hydroxyl groups is 1. The predicted octanol–water partition coefficient (Wildman–Crippen LogP) is 2.04. The molecule has 0 aliphatic rings. The maximum Gasteiger partial charge on any atom is 0.165 e. The summed E-state index contributed by atoms with van der Waals surface area (Å²) in [5, 5.41) is 9.34. The topological polar surface area (TPSA) is 46.5 Å². The quantitative estimate of drug-likeness (QED) is 0.753. The van der Waals surface area contributed by atoms with E-state index in [2.05, 4.69) is 0 Å². The van der Waals surface area contributed by atoms with E-state index < -0.39 is 6.10 Å². The number of carbonyl (C=O) groups excluding carboxylic acids is 1. The smallest absolute Gasteiger partial charge is 0.165 e. The van der Waals surface area contributed by atoms with Crippen LogP contribution >= 0.6 is 0 Å². The molecule has 0 bridgehead atoms. The fourth-order valence-corrected chi connectivity index (χ4v) is 1.25. The summed E-state index contributed by atoms with van der Waals surface area (Å²) in [5.41, 5.74) is 0.614. The van der Waals surface area contributed by atoms with Crippen LogP contribution < -0.4 is 4.74 Å². The number of ether oxygens (including phenoxy) is 1. The van der Waals surface area contributed by atoms with Gasteiger partial charge in [-0.2, -0.15) is 0 Å². The van der Waals surface area contributed by atoms with Gasteiger partial charge in [0.05, 0.1) is 13.2 Å². The van der Waals surface area contributed by atoms with Crippen molar-refractivity contribution in [2.24, 2.45) is 0 Å². The summed E-state index contributed by atoms with van der Waals surface area (Å²) in [7, 11) is 1.58. The molecule has 0 aliphatic heterocycles. The molecule has 0 saturated heterocycles. The highest BCUT2D eigenvalue weighted by Gasteiger charge is 2.10. The molecule has 82 valence electrons. The zero-order chi connectivity index (χ0) is 11.3. The van der Waals surface area contributed by atoms with E-state index in [4.69, 9.17) is 4.74 Å². The summed E-state index contributed by atoms with van der Waals surface area (Å²) in [6, 6.07) is 6.91. The molecule has 0 aliphatic carbocycles. The first-order valence-electron chi connectivity index (χ1n) is 5.02.